The van der Waals surface area contributed by atoms with Gasteiger partial charge in [0.1, 0.15) is 4.83 Å². The normalized spacial score (nSPS) is 11.4. The zero-order valence-corrected chi connectivity index (χ0v) is 11.0. The van der Waals surface area contributed by atoms with E-state index < -0.39 is 24.2 Å². The lowest BCUT2D eigenvalue weighted by Gasteiger charge is -2.07. The summed E-state index contributed by atoms with van der Waals surface area (Å²) in [6, 6.07) is 0. The van der Waals surface area contributed by atoms with Gasteiger partial charge in [0.25, 0.3) is 12.0 Å². The minimum Gasteiger partial charge on any atom is -0.297 e. The largest absolute Gasteiger partial charge is 0.332 e. The molecule has 2 rings (SSSR count). The third-order valence-corrected chi connectivity index (χ3v) is 4.17. The first-order chi connectivity index (χ1) is 8.88. The van der Waals surface area contributed by atoms with Gasteiger partial charge in [0, 0.05) is 7.05 Å². The van der Waals surface area contributed by atoms with E-state index in [-0.39, 0.29) is 5.39 Å². The summed E-state index contributed by atoms with van der Waals surface area (Å²) in [6.45, 7) is 0.605. The lowest BCUT2D eigenvalue weighted by atomic mass is 10.2. The third-order valence-electron chi connectivity index (χ3n) is 2.87. The Balaban J connectivity index is 2.95. The quantitative estimate of drug-likeness (QED) is 0.796. The maximum Gasteiger partial charge on any atom is 0.332 e. The van der Waals surface area contributed by atoms with Gasteiger partial charge < -0.3 is 0 Å². The Labute approximate surface area is 109 Å². The first-order valence-corrected chi connectivity index (χ1v) is 6.16. The van der Waals surface area contributed by atoms with E-state index in [1.807, 2.05) is 0 Å². The molecule has 0 radical (unpaired) electrons. The van der Waals surface area contributed by atoms with E-state index in [2.05, 4.69) is 0 Å². The van der Waals surface area contributed by atoms with Gasteiger partial charge in [0.2, 0.25) is 0 Å². The van der Waals surface area contributed by atoms with E-state index in [1.54, 1.807) is 6.92 Å². The highest BCUT2D eigenvalue weighted by Gasteiger charge is 2.19. The van der Waals surface area contributed by atoms with Crippen LogP contribution in [0.2, 0.25) is 0 Å². The smallest absolute Gasteiger partial charge is 0.297 e. The van der Waals surface area contributed by atoms with Crippen LogP contribution in [0.3, 0.4) is 0 Å². The van der Waals surface area contributed by atoms with Crippen molar-refractivity contribution >= 4 is 27.8 Å². The van der Waals surface area contributed by atoms with Crippen molar-refractivity contribution in [2.24, 2.45) is 7.05 Å². The van der Waals surface area contributed by atoms with Gasteiger partial charge in [-0.1, -0.05) is 0 Å². The lowest BCUT2D eigenvalue weighted by Crippen LogP contribution is -2.40. The maximum absolute atomic E-state index is 12.4. The number of thiophene rings is 1. The highest BCUT2D eigenvalue weighted by molar-refractivity contribution is 7.20. The number of nitrogens with zero attached hydrogens (tertiary/aromatic N) is 2. The van der Waals surface area contributed by atoms with E-state index in [0.29, 0.717) is 26.1 Å². The molecular formula is C11H10F2N2O3S. The minimum absolute atomic E-state index is 0.148. The summed E-state index contributed by atoms with van der Waals surface area (Å²) in [4.78, 5) is 35.5. The highest BCUT2D eigenvalue weighted by atomic mass is 32.1. The second kappa shape index (κ2) is 4.69. The number of hydrogen-bond donors (Lipinski definition) is 0. The van der Waals surface area contributed by atoms with E-state index >= 15 is 0 Å². The average Bonchev–Trinajstić information content (AvgIpc) is 2.69. The summed E-state index contributed by atoms with van der Waals surface area (Å²) >= 11 is 1.00. The SMILES string of the molecule is Cc1c(C=O)sc2c1c(=O)n(CC(F)F)c(=O)n2C. The van der Waals surface area contributed by atoms with Crippen LogP contribution in [0.15, 0.2) is 9.59 Å². The zero-order chi connectivity index (χ0) is 14.3. The van der Waals surface area contributed by atoms with Gasteiger partial charge in [-0.2, -0.15) is 0 Å². The molecule has 0 saturated carbocycles. The summed E-state index contributed by atoms with van der Waals surface area (Å²) < 4.78 is 26.5. The van der Waals surface area contributed by atoms with E-state index in [1.165, 1.54) is 7.05 Å². The molecule has 8 heteroatoms. The van der Waals surface area contributed by atoms with Crippen molar-refractivity contribution in [3.8, 4) is 0 Å². The van der Waals surface area contributed by atoms with Crippen molar-refractivity contribution < 1.29 is 13.6 Å². The van der Waals surface area contributed by atoms with Gasteiger partial charge in [-0.25, -0.2) is 13.6 Å². The van der Waals surface area contributed by atoms with Crippen molar-refractivity contribution in [3.05, 3.63) is 31.3 Å². The first kappa shape index (κ1) is 13.6. The Kier molecular flexibility index (Phi) is 3.36. The Bertz CT molecular complexity index is 773. The van der Waals surface area contributed by atoms with Crippen LogP contribution in [0.5, 0.6) is 0 Å². The summed E-state index contributed by atoms with van der Waals surface area (Å²) in [5, 5.41) is 0.148. The number of fused-ring (bicyclic) bond motifs is 1. The summed E-state index contributed by atoms with van der Waals surface area (Å²) in [6.07, 6.45) is -2.21. The predicted octanol–water partition coefficient (Wildman–Crippen LogP) is 1.15. The molecule has 0 spiro atoms. The van der Waals surface area contributed by atoms with Crippen LogP contribution in [-0.2, 0) is 13.6 Å². The maximum atomic E-state index is 12.4. The van der Waals surface area contributed by atoms with Gasteiger partial charge in [0.15, 0.2) is 6.29 Å². The number of aromatic nitrogens is 2. The Morgan fingerprint density at radius 1 is 1.37 bits per heavy atom. The minimum atomic E-state index is -2.80. The fourth-order valence-corrected chi connectivity index (χ4v) is 2.97. The van der Waals surface area contributed by atoms with Crippen LogP contribution in [0, 0.1) is 6.92 Å². The van der Waals surface area contributed by atoms with Crippen molar-refractivity contribution in [1.29, 1.82) is 0 Å². The fourth-order valence-electron chi connectivity index (χ4n) is 1.90. The summed E-state index contributed by atoms with van der Waals surface area (Å²) in [7, 11) is 1.39. The Morgan fingerprint density at radius 2 is 2.00 bits per heavy atom. The van der Waals surface area contributed by atoms with Gasteiger partial charge in [-0.3, -0.25) is 18.7 Å². The number of rotatable bonds is 3. The summed E-state index contributed by atoms with van der Waals surface area (Å²) in [5.41, 5.74) is -1.17. The van der Waals surface area contributed by atoms with Crippen LogP contribution < -0.4 is 11.2 Å². The second-order valence-corrected chi connectivity index (χ2v) is 5.07. The molecule has 0 amide bonds. The van der Waals surface area contributed by atoms with Gasteiger partial charge >= 0.3 is 5.69 Å². The fraction of sp³-hybridized carbons (Fsp3) is 0.364. The number of hydrogen-bond acceptors (Lipinski definition) is 4. The number of halogens is 2. The number of carbonyl (C=O) groups excluding carboxylic acids is 1. The molecule has 2 aromatic rings. The number of alkyl halides is 2. The summed E-state index contributed by atoms with van der Waals surface area (Å²) in [5.74, 6) is 0. The van der Waals surface area contributed by atoms with E-state index in [4.69, 9.17) is 0 Å². The van der Waals surface area contributed by atoms with Crippen LogP contribution in [0.4, 0.5) is 8.78 Å². The molecule has 0 atom stereocenters. The second-order valence-electron chi connectivity index (χ2n) is 4.04. The topological polar surface area (TPSA) is 61.1 Å². The third kappa shape index (κ3) is 2.01. The molecule has 0 aromatic carbocycles. The molecule has 0 bridgehead atoms. The molecule has 102 valence electrons. The van der Waals surface area contributed by atoms with Gasteiger partial charge in [-0.05, 0) is 12.5 Å². The zero-order valence-electron chi connectivity index (χ0n) is 10.1. The molecule has 0 fully saturated rings. The molecule has 0 saturated heterocycles. The van der Waals surface area contributed by atoms with Crippen molar-refractivity contribution in [2.45, 2.75) is 19.9 Å². The molecule has 5 nitrogen and oxygen atoms in total. The molecule has 0 aliphatic rings. The molecule has 0 unspecified atom stereocenters. The van der Waals surface area contributed by atoms with Crippen LogP contribution in [0.1, 0.15) is 15.2 Å². The Hall–Kier alpha value is -1.83. The Morgan fingerprint density at radius 3 is 2.53 bits per heavy atom. The molecular weight excluding hydrogens is 278 g/mol. The predicted molar refractivity (Wildman–Crippen MR) is 67.5 cm³/mol. The molecule has 0 aliphatic carbocycles. The molecule has 0 aliphatic heterocycles. The average molecular weight is 288 g/mol. The van der Waals surface area contributed by atoms with Crippen molar-refractivity contribution in [1.82, 2.24) is 9.13 Å². The van der Waals surface area contributed by atoms with Gasteiger partial charge in [0.05, 0.1) is 16.8 Å². The number of aldehydes is 1. The first-order valence-electron chi connectivity index (χ1n) is 5.34. The highest BCUT2D eigenvalue weighted by Crippen LogP contribution is 2.25. The van der Waals surface area contributed by atoms with E-state index in [0.717, 1.165) is 15.9 Å². The standard InChI is InChI=1S/C11H10F2N2O3S/c1-5-6(4-16)19-10-8(5)9(17)15(3-7(12)13)11(18)14(10)2/h4,7H,3H2,1-2H3. The van der Waals surface area contributed by atoms with Crippen molar-refractivity contribution in [3.63, 3.8) is 0 Å². The number of carbonyl (C=O) groups is 1. The van der Waals surface area contributed by atoms with Crippen LogP contribution in [-0.4, -0.2) is 21.8 Å². The molecule has 0 N–H and O–H groups in total. The van der Waals surface area contributed by atoms with E-state index in [9.17, 15) is 23.2 Å². The van der Waals surface area contributed by atoms with Crippen molar-refractivity contribution in [2.75, 3.05) is 0 Å². The molecule has 2 heterocycles. The van der Waals surface area contributed by atoms with Crippen LogP contribution in [0.25, 0.3) is 10.2 Å². The monoisotopic (exact) mass is 288 g/mol. The molecule has 19 heavy (non-hydrogen) atoms. The lowest BCUT2D eigenvalue weighted by molar-refractivity contribution is 0.112. The molecule has 2 aromatic heterocycles. The number of aryl methyl sites for hydroxylation is 2. The van der Waals surface area contributed by atoms with Crippen LogP contribution >= 0.6 is 11.3 Å². The van der Waals surface area contributed by atoms with Gasteiger partial charge in [-0.15, -0.1) is 11.3 Å².